The maximum atomic E-state index is 13.6. The van der Waals surface area contributed by atoms with Gasteiger partial charge in [0.25, 0.3) is 11.6 Å². The fourth-order valence-corrected chi connectivity index (χ4v) is 2.07. The molecule has 1 aromatic carbocycles. The minimum absolute atomic E-state index is 0.200. The number of nitrogens with zero attached hydrogens (tertiary/aromatic N) is 1. The van der Waals surface area contributed by atoms with Crippen molar-refractivity contribution in [2.45, 2.75) is 20.3 Å². The normalized spacial score (nSPS) is 11.2. The Morgan fingerprint density at radius 3 is 2.65 bits per heavy atom. The molecule has 20 heavy (non-hydrogen) atoms. The summed E-state index contributed by atoms with van der Waals surface area (Å²) < 4.78 is 13.6. The molecule has 0 heterocycles. The van der Waals surface area contributed by atoms with E-state index in [0.29, 0.717) is 18.8 Å². The average molecular weight is 303 g/mol. The van der Waals surface area contributed by atoms with Crippen LogP contribution in [0.5, 0.6) is 0 Å². The number of nitro groups is 1. The molecule has 0 aromatic heterocycles. The first-order valence-corrected chi connectivity index (χ1v) is 6.58. The maximum absolute atomic E-state index is 13.6. The van der Waals surface area contributed by atoms with E-state index in [1.54, 1.807) is 0 Å². The summed E-state index contributed by atoms with van der Waals surface area (Å²) in [6.07, 6.45) is 0.706. The minimum Gasteiger partial charge on any atom is -0.351 e. The lowest BCUT2D eigenvalue weighted by Gasteiger charge is -2.23. The van der Waals surface area contributed by atoms with E-state index >= 15 is 0 Å². The Bertz CT molecular complexity index is 520. The average Bonchev–Trinajstić information content (AvgIpc) is 2.35. The highest BCUT2D eigenvalue weighted by Gasteiger charge is 2.21. The van der Waals surface area contributed by atoms with Crippen LogP contribution in [0.1, 0.15) is 30.6 Å². The highest BCUT2D eigenvalue weighted by atomic mass is 35.5. The van der Waals surface area contributed by atoms with E-state index in [9.17, 15) is 19.3 Å². The molecule has 0 radical (unpaired) electrons. The molecule has 0 aliphatic heterocycles. The van der Waals surface area contributed by atoms with Crippen LogP contribution in [0.15, 0.2) is 18.2 Å². The number of nitrogens with one attached hydrogen (secondary N) is 1. The number of carbonyl (C=O) groups excluding carboxylic acids is 1. The van der Waals surface area contributed by atoms with Crippen LogP contribution in [0, 0.1) is 21.3 Å². The third-order valence-corrected chi connectivity index (χ3v) is 3.10. The number of hydrogen-bond donors (Lipinski definition) is 1. The minimum atomic E-state index is -0.910. The van der Waals surface area contributed by atoms with Crippen molar-refractivity contribution in [3.8, 4) is 0 Å². The zero-order chi connectivity index (χ0) is 15.3. The molecule has 7 heteroatoms. The monoisotopic (exact) mass is 302 g/mol. The van der Waals surface area contributed by atoms with Crippen molar-refractivity contribution in [2.24, 2.45) is 5.41 Å². The summed E-state index contributed by atoms with van der Waals surface area (Å²) in [6, 6.07) is 2.94. The van der Waals surface area contributed by atoms with Crippen LogP contribution in [0.25, 0.3) is 0 Å². The van der Waals surface area contributed by atoms with Gasteiger partial charge in [-0.1, -0.05) is 13.8 Å². The second-order valence-electron chi connectivity index (χ2n) is 5.21. The van der Waals surface area contributed by atoms with Gasteiger partial charge < -0.3 is 5.32 Å². The summed E-state index contributed by atoms with van der Waals surface area (Å²) in [4.78, 5) is 21.6. The van der Waals surface area contributed by atoms with Crippen molar-refractivity contribution in [2.75, 3.05) is 12.4 Å². The number of non-ortho nitro benzene ring substituents is 1. The number of amides is 1. The Morgan fingerprint density at radius 2 is 2.15 bits per heavy atom. The van der Waals surface area contributed by atoms with Gasteiger partial charge in [-0.3, -0.25) is 14.9 Å². The van der Waals surface area contributed by atoms with Crippen LogP contribution in [0.4, 0.5) is 10.1 Å². The highest BCUT2D eigenvalue weighted by molar-refractivity contribution is 6.17. The second kappa shape index (κ2) is 6.65. The van der Waals surface area contributed by atoms with Crippen molar-refractivity contribution in [3.05, 3.63) is 39.7 Å². The molecule has 0 unspecified atom stereocenters. The Balaban J connectivity index is 2.76. The van der Waals surface area contributed by atoms with Gasteiger partial charge in [-0.25, -0.2) is 4.39 Å². The molecule has 0 saturated carbocycles. The van der Waals surface area contributed by atoms with Gasteiger partial charge >= 0.3 is 0 Å². The maximum Gasteiger partial charge on any atom is 0.272 e. The van der Waals surface area contributed by atoms with E-state index in [1.165, 1.54) is 0 Å². The molecule has 0 fully saturated rings. The largest absolute Gasteiger partial charge is 0.351 e. The van der Waals surface area contributed by atoms with Crippen molar-refractivity contribution in [3.63, 3.8) is 0 Å². The molecule has 1 N–H and O–H groups in total. The third-order valence-electron chi connectivity index (χ3n) is 2.91. The summed E-state index contributed by atoms with van der Waals surface area (Å²) in [5, 5.41) is 13.1. The molecular formula is C13H16ClFN2O3. The number of alkyl halides is 1. The van der Waals surface area contributed by atoms with Gasteiger partial charge in [0.2, 0.25) is 0 Å². The van der Waals surface area contributed by atoms with Crippen molar-refractivity contribution in [1.82, 2.24) is 5.32 Å². The van der Waals surface area contributed by atoms with Gasteiger partial charge in [0, 0.05) is 18.5 Å². The second-order valence-corrected chi connectivity index (χ2v) is 5.59. The van der Waals surface area contributed by atoms with E-state index in [1.807, 2.05) is 13.8 Å². The third kappa shape index (κ3) is 4.45. The van der Waals surface area contributed by atoms with Crippen LogP contribution in [-0.4, -0.2) is 23.3 Å². The van der Waals surface area contributed by atoms with E-state index in [4.69, 9.17) is 11.6 Å². The van der Waals surface area contributed by atoms with E-state index in [2.05, 4.69) is 5.32 Å². The Morgan fingerprint density at radius 1 is 1.50 bits per heavy atom. The van der Waals surface area contributed by atoms with Gasteiger partial charge in [0.05, 0.1) is 16.6 Å². The van der Waals surface area contributed by atoms with E-state index in [0.717, 1.165) is 18.2 Å². The van der Waals surface area contributed by atoms with Gasteiger partial charge in [-0.05, 0) is 17.9 Å². The molecule has 0 spiro atoms. The van der Waals surface area contributed by atoms with Crippen LogP contribution in [0.2, 0.25) is 0 Å². The fraction of sp³-hybridized carbons (Fsp3) is 0.462. The first kappa shape index (κ1) is 16.4. The van der Waals surface area contributed by atoms with Crippen LogP contribution >= 0.6 is 11.6 Å². The fourth-order valence-electron chi connectivity index (χ4n) is 1.56. The van der Waals surface area contributed by atoms with Crippen LogP contribution < -0.4 is 5.32 Å². The number of carbonyl (C=O) groups is 1. The SMILES string of the molecule is CC(C)(CCCl)CNC(=O)c1ccc([N+](=O)[O-])cc1F. The number of nitro benzene ring substituents is 1. The summed E-state index contributed by atoms with van der Waals surface area (Å²) in [7, 11) is 0. The molecule has 1 rings (SSSR count). The number of halogens is 2. The first-order valence-electron chi connectivity index (χ1n) is 6.05. The van der Waals surface area contributed by atoms with Crippen LogP contribution in [0.3, 0.4) is 0 Å². The van der Waals surface area contributed by atoms with Gasteiger partial charge in [0.15, 0.2) is 0 Å². The molecule has 0 atom stereocenters. The topological polar surface area (TPSA) is 72.2 Å². The zero-order valence-corrected chi connectivity index (χ0v) is 12.0. The molecule has 0 aliphatic carbocycles. The van der Waals surface area contributed by atoms with Crippen molar-refractivity contribution in [1.29, 1.82) is 0 Å². The summed E-state index contributed by atoms with van der Waals surface area (Å²) in [6.45, 7) is 4.21. The van der Waals surface area contributed by atoms with Gasteiger partial charge in [-0.15, -0.1) is 11.6 Å². The molecular weight excluding hydrogens is 287 g/mol. The lowest BCUT2D eigenvalue weighted by Crippen LogP contribution is -2.34. The Labute approximate surface area is 121 Å². The smallest absolute Gasteiger partial charge is 0.272 e. The standard InChI is InChI=1S/C13H16ClFN2O3/c1-13(2,5-6-14)8-16-12(18)10-4-3-9(17(19)20)7-11(10)15/h3-4,7H,5-6,8H2,1-2H3,(H,16,18). The number of rotatable bonds is 6. The Hall–Kier alpha value is -1.69. The highest BCUT2D eigenvalue weighted by Crippen LogP contribution is 2.20. The zero-order valence-electron chi connectivity index (χ0n) is 11.3. The summed E-state index contributed by atoms with van der Waals surface area (Å²) in [5.74, 6) is -1.04. The quantitative estimate of drug-likeness (QED) is 0.498. The van der Waals surface area contributed by atoms with Crippen molar-refractivity contribution < 1.29 is 14.1 Å². The number of hydrogen-bond acceptors (Lipinski definition) is 3. The molecule has 1 amide bonds. The molecule has 110 valence electrons. The van der Waals surface area contributed by atoms with Crippen LogP contribution in [-0.2, 0) is 0 Å². The van der Waals surface area contributed by atoms with E-state index in [-0.39, 0.29) is 16.7 Å². The summed E-state index contributed by atoms with van der Waals surface area (Å²) in [5.41, 5.74) is -0.798. The summed E-state index contributed by atoms with van der Waals surface area (Å²) >= 11 is 5.65. The number of benzene rings is 1. The lowest BCUT2D eigenvalue weighted by molar-refractivity contribution is -0.385. The first-order chi connectivity index (χ1) is 9.26. The molecule has 0 aliphatic rings. The van der Waals surface area contributed by atoms with E-state index < -0.39 is 16.6 Å². The predicted octanol–water partition coefficient (Wildman–Crippen LogP) is 3.12. The van der Waals surface area contributed by atoms with Gasteiger partial charge in [-0.2, -0.15) is 0 Å². The predicted molar refractivity (Wildman–Crippen MR) is 74.5 cm³/mol. The molecule has 1 aromatic rings. The lowest BCUT2D eigenvalue weighted by atomic mass is 9.90. The van der Waals surface area contributed by atoms with Crippen molar-refractivity contribution >= 4 is 23.2 Å². The molecule has 0 bridgehead atoms. The molecule has 0 saturated heterocycles. The Kier molecular flexibility index (Phi) is 5.44. The molecule has 5 nitrogen and oxygen atoms in total. The van der Waals surface area contributed by atoms with Gasteiger partial charge in [0.1, 0.15) is 5.82 Å².